The summed E-state index contributed by atoms with van der Waals surface area (Å²) in [5, 5.41) is 20.4. The first-order valence-electron chi connectivity index (χ1n) is 7.77. The first-order chi connectivity index (χ1) is 12.0. The van der Waals surface area contributed by atoms with Crippen LogP contribution in [0.1, 0.15) is 28.4 Å². The number of hydrogen-bond donors (Lipinski definition) is 2. The first kappa shape index (κ1) is 15.6. The zero-order valence-corrected chi connectivity index (χ0v) is 13.0. The van der Waals surface area contributed by atoms with Crippen molar-refractivity contribution in [3.8, 4) is 0 Å². The van der Waals surface area contributed by atoms with Crippen LogP contribution in [0, 0.1) is 11.6 Å². The highest BCUT2D eigenvalue weighted by molar-refractivity contribution is 5.97. The molecule has 4 rings (SSSR count). The van der Waals surface area contributed by atoms with Crippen LogP contribution in [0.15, 0.2) is 36.4 Å². The van der Waals surface area contributed by atoms with Crippen LogP contribution in [0.4, 0.5) is 8.78 Å². The maximum Gasteiger partial charge on any atom is 0.254 e. The molecule has 1 amide bonds. The number of benzene rings is 2. The molecule has 0 bridgehead atoms. The number of H-pyrrole nitrogens is 1. The number of aromatic amines is 1. The summed E-state index contributed by atoms with van der Waals surface area (Å²) >= 11 is 0. The molecule has 0 unspecified atom stereocenters. The van der Waals surface area contributed by atoms with E-state index >= 15 is 0 Å². The van der Waals surface area contributed by atoms with Crippen molar-refractivity contribution in [2.75, 3.05) is 6.54 Å². The van der Waals surface area contributed by atoms with Gasteiger partial charge in [-0.3, -0.25) is 4.79 Å². The predicted molar refractivity (Wildman–Crippen MR) is 84.6 cm³/mol. The highest BCUT2D eigenvalue weighted by atomic mass is 19.2. The molecular formula is C17H14F2N4O2. The number of amides is 1. The summed E-state index contributed by atoms with van der Waals surface area (Å²) in [6.45, 7) is 0.124. The third-order valence-corrected chi connectivity index (χ3v) is 4.43. The van der Waals surface area contributed by atoms with E-state index in [0.717, 1.165) is 12.1 Å². The van der Waals surface area contributed by atoms with Crippen molar-refractivity contribution in [1.29, 1.82) is 0 Å². The van der Waals surface area contributed by atoms with Crippen LogP contribution in [-0.2, 0) is 0 Å². The molecule has 1 fully saturated rings. The molecule has 8 heteroatoms. The zero-order chi connectivity index (χ0) is 17.6. The lowest BCUT2D eigenvalue weighted by Gasteiger charge is -2.25. The molecule has 0 radical (unpaired) electrons. The molecule has 0 spiro atoms. The number of carbonyl (C=O) groups excluding carboxylic acids is 1. The maximum absolute atomic E-state index is 13.6. The van der Waals surface area contributed by atoms with Crippen LogP contribution in [-0.4, -0.2) is 44.0 Å². The second kappa shape index (κ2) is 5.89. The van der Waals surface area contributed by atoms with Gasteiger partial charge in [0.1, 0.15) is 11.0 Å². The Hall–Kier alpha value is -2.87. The van der Waals surface area contributed by atoms with E-state index in [1.807, 2.05) is 0 Å². The SMILES string of the molecule is O=C(c1ccc2n[nH]nc2c1)N1C[C@H](O)C[C@@H]1c1ccc(F)c(F)c1. The minimum atomic E-state index is -0.977. The van der Waals surface area contributed by atoms with Gasteiger partial charge in [0.25, 0.3) is 5.91 Å². The number of fused-ring (bicyclic) bond motifs is 1. The van der Waals surface area contributed by atoms with Gasteiger partial charge in [0.2, 0.25) is 0 Å². The zero-order valence-electron chi connectivity index (χ0n) is 13.0. The maximum atomic E-state index is 13.6. The normalized spacial score (nSPS) is 20.4. The molecule has 1 aliphatic heterocycles. The Kier molecular flexibility index (Phi) is 3.69. The summed E-state index contributed by atoms with van der Waals surface area (Å²) in [5.41, 5.74) is 2.03. The van der Waals surface area contributed by atoms with E-state index in [4.69, 9.17) is 0 Å². The molecule has 128 valence electrons. The third-order valence-electron chi connectivity index (χ3n) is 4.43. The van der Waals surface area contributed by atoms with Gasteiger partial charge >= 0.3 is 0 Å². The van der Waals surface area contributed by atoms with Crippen LogP contribution in [0.3, 0.4) is 0 Å². The van der Waals surface area contributed by atoms with Crippen molar-refractivity contribution in [3.63, 3.8) is 0 Å². The van der Waals surface area contributed by atoms with E-state index in [1.54, 1.807) is 18.2 Å². The fourth-order valence-electron chi connectivity index (χ4n) is 3.21. The Morgan fingerprint density at radius 1 is 1.12 bits per heavy atom. The third kappa shape index (κ3) is 2.74. The summed E-state index contributed by atoms with van der Waals surface area (Å²) in [6, 6.07) is 7.91. The first-order valence-corrected chi connectivity index (χ1v) is 7.77. The summed E-state index contributed by atoms with van der Waals surface area (Å²) in [5.74, 6) is -2.23. The number of rotatable bonds is 2. The number of halogens is 2. The van der Waals surface area contributed by atoms with Crippen LogP contribution >= 0.6 is 0 Å². The molecule has 25 heavy (non-hydrogen) atoms. The number of aliphatic hydroxyl groups excluding tert-OH is 1. The van der Waals surface area contributed by atoms with Gasteiger partial charge in [-0.25, -0.2) is 8.78 Å². The largest absolute Gasteiger partial charge is 0.391 e. The summed E-state index contributed by atoms with van der Waals surface area (Å²) in [7, 11) is 0. The highest BCUT2D eigenvalue weighted by Gasteiger charge is 2.36. The Labute approximate surface area is 141 Å². The average molecular weight is 344 g/mol. The predicted octanol–water partition coefficient (Wildman–Crippen LogP) is 2.18. The molecule has 1 aliphatic rings. The molecular weight excluding hydrogens is 330 g/mol. The van der Waals surface area contributed by atoms with Crippen LogP contribution < -0.4 is 0 Å². The van der Waals surface area contributed by atoms with Crippen molar-refractivity contribution >= 4 is 16.9 Å². The van der Waals surface area contributed by atoms with Gasteiger partial charge in [-0.15, -0.1) is 0 Å². The standard InChI is InChI=1S/C17H14F2N4O2/c18-12-3-1-9(5-13(12)19)16-7-11(24)8-23(16)17(25)10-2-4-14-15(6-10)21-22-20-14/h1-6,11,16,24H,7-8H2,(H,20,21,22)/t11-,16-/m1/s1. The number of β-amino-alcohol motifs (C(OH)–C–C–N with tert-alkyl or cyclic N) is 1. The van der Waals surface area contributed by atoms with E-state index < -0.39 is 23.8 Å². The minimum absolute atomic E-state index is 0.124. The summed E-state index contributed by atoms with van der Waals surface area (Å²) < 4.78 is 26.7. The van der Waals surface area contributed by atoms with Crippen molar-refractivity contribution < 1.29 is 18.7 Å². The Bertz CT molecular complexity index is 959. The quantitative estimate of drug-likeness (QED) is 0.747. The molecule has 1 saturated heterocycles. The second-order valence-corrected chi connectivity index (χ2v) is 6.06. The molecule has 1 aromatic heterocycles. The molecule has 2 N–H and O–H groups in total. The number of carbonyl (C=O) groups is 1. The highest BCUT2D eigenvalue weighted by Crippen LogP contribution is 2.34. The smallest absolute Gasteiger partial charge is 0.254 e. The molecule has 2 atom stereocenters. The second-order valence-electron chi connectivity index (χ2n) is 6.06. The molecule has 3 aromatic rings. The summed E-state index contributed by atoms with van der Waals surface area (Å²) in [6.07, 6.45) is -0.457. The molecule has 2 heterocycles. The van der Waals surface area contributed by atoms with Gasteiger partial charge in [-0.1, -0.05) is 6.07 Å². The van der Waals surface area contributed by atoms with Crippen LogP contribution in [0.25, 0.3) is 11.0 Å². The van der Waals surface area contributed by atoms with Crippen molar-refractivity contribution in [2.24, 2.45) is 0 Å². The van der Waals surface area contributed by atoms with E-state index in [1.165, 1.54) is 11.0 Å². The van der Waals surface area contributed by atoms with E-state index in [-0.39, 0.29) is 18.9 Å². The number of aliphatic hydroxyl groups is 1. The van der Waals surface area contributed by atoms with E-state index in [2.05, 4.69) is 15.4 Å². The van der Waals surface area contributed by atoms with Crippen molar-refractivity contribution in [2.45, 2.75) is 18.6 Å². The lowest BCUT2D eigenvalue weighted by Crippen LogP contribution is -2.31. The van der Waals surface area contributed by atoms with E-state index in [0.29, 0.717) is 22.2 Å². The van der Waals surface area contributed by atoms with Gasteiger partial charge < -0.3 is 10.0 Å². The monoisotopic (exact) mass is 344 g/mol. The van der Waals surface area contributed by atoms with Gasteiger partial charge in [0.15, 0.2) is 11.6 Å². The molecule has 6 nitrogen and oxygen atoms in total. The van der Waals surface area contributed by atoms with E-state index in [9.17, 15) is 18.7 Å². The molecule has 0 aliphatic carbocycles. The number of likely N-dealkylation sites (tertiary alicyclic amines) is 1. The van der Waals surface area contributed by atoms with Gasteiger partial charge in [-0.05, 0) is 42.3 Å². The number of hydrogen-bond acceptors (Lipinski definition) is 4. The fraction of sp³-hybridized carbons (Fsp3) is 0.235. The van der Waals surface area contributed by atoms with Gasteiger partial charge in [-0.2, -0.15) is 15.4 Å². The van der Waals surface area contributed by atoms with Crippen molar-refractivity contribution in [3.05, 3.63) is 59.2 Å². The number of aromatic nitrogens is 3. The minimum Gasteiger partial charge on any atom is -0.391 e. The summed E-state index contributed by atoms with van der Waals surface area (Å²) in [4.78, 5) is 14.4. The van der Waals surface area contributed by atoms with Crippen molar-refractivity contribution in [1.82, 2.24) is 20.3 Å². The van der Waals surface area contributed by atoms with Gasteiger partial charge in [0.05, 0.1) is 12.1 Å². The van der Waals surface area contributed by atoms with Crippen LogP contribution in [0.5, 0.6) is 0 Å². The topological polar surface area (TPSA) is 82.1 Å². The lowest BCUT2D eigenvalue weighted by atomic mass is 10.0. The molecule has 2 aromatic carbocycles. The Morgan fingerprint density at radius 2 is 1.92 bits per heavy atom. The number of nitrogens with zero attached hydrogens (tertiary/aromatic N) is 3. The number of nitrogens with one attached hydrogen (secondary N) is 1. The molecule has 0 saturated carbocycles. The average Bonchev–Trinajstić information content (AvgIpc) is 3.22. The lowest BCUT2D eigenvalue weighted by molar-refractivity contribution is 0.0715. The Balaban J connectivity index is 1.68. The van der Waals surface area contributed by atoms with Crippen LogP contribution in [0.2, 0.25) is 0 Å². The van der Waals surface area contributed by atoms with Gasteiger partial charge in [0, 0.05) is 12.1 Å². The Morgan fingerprint density at radius 3 is 2.72 bits per heavy atom. The fourth-order valence-corrected chi connectivity index (χ4v) is 3.21.